The van der Waals surface area contributed by atoms with Gasteiger partial charge in [0.1, 0.15) is 0 Å². The van der Waals surface area contributed by atoms with E-state index in [1.54, 1.807) is 0 Å². The van der Waals surface area contributed by atoms with Crippen molar-refractivity contribution in [3.05, 3.63) is 0 Å². The van der Waals surface area contributed by atoms with Crippen LogP contribution in [0.5, 0.6) is 0 Å². The van der Waals surface area contributed by atoms with E-state index >= 15 is 0 Å². The van der Waals surface area contributed by atoms with Gasteiger partial charge in [0.2, 0.25) is 0 Å². The van der Waals surface area contributed by atoms with Gasteiger partial charge in [-0.05, 0) is 12.3 Å². The van der Waals surface area contributed by atoms with Gasteiger partial charge >= 0.3 is 5.97 Å². The number of carboxylic acids is 1. The van der Waals surface area contributed by atoms with Crippen LogP contribution in [0.1, 0.15) is 27.2 Å². The predicted octanol–water partition coefficient (Wildman–Crippen LogP) is 1.52. The van der Waals surface area contributed by atoms with Crippen LogP contribution in [-0.2, 0) is 9.53 Å². The highest BCUT2D eigenvalue weighted by atomic mass is 16.5. The van der Waals surface area contributed by atoms with Crippen molar-refractivity contribution < 1.29 is 14.6 Å². The third-order valence-electron chi connectivity index (χ3n) is 1.35. The maximum Gasteiger partial charge on any atom is 0.333 e. The predicted molar refractivity (Wildman–Crippen MR) is 42.5 cm³/mol. The maximum atomic E-state index is 10.5. The van der Waals surface area contributed by atoms with E-state index in [4.69, 9.17) is 9.84 Å². The minimum atomic E-state index is -0.867. The zero-order chi connectivity index (χ0) is 8.85. The highest BCUT2D eigenvalue weighted by Gasteiger charge is 2.21. The zero-order valence-electron chi connectivity index (χ0n) is 7.33. The second-order valence-corrected chi connectivity index (χ2v) is 2.87. The molecule has 0 aromatic rings. The second kappa shape index (κ2) is 5.13. The Labute approximate surface area is 67.4 Å². The Kier molecular flexibility index (Phi) is 4.86. The van der Waals surface area contributed by atoms with E-state index in [1.807, 2.05) is 20.8 Å². The lowest BCUT2D eigenvalue weighted by atomic mass is 10.1. The molecule has 0 aliphatic heterocycles. The summed E-state index contributed by atoms with van der Waals surface area (Å²) in [5, 5.41) is 8.65. The van der Waals surface area contributed by atoms with Gasteiger partial charge in [-0.1, -0.05) is 20.8 Å². The van der Waals surface area contributed by atoms with Crippen LogP contribution in [0.3, 0.4) is 0 Å². The first-order chi connectivity index (χ1) is 5.09. The molecule has 0 rings (SSSR count). The molecule has 0 heterocycles. The molecule has 0 spiro atoms. The lowest BCUT2D eigenvalue weighted by molar-refractivity contribution is -0.153. The number of carboxylic acid groups (broad SMARTS) is 1. The molecule has 1 unspecified atom stereocenters. The van der Waals surface area contributed by atoms with Gasteiger partial charge in [0.25, 0.3) is 0 Å². The number of hydrogen-bond acceptors (Lipinski definition) is 2. The third-order valence-corrected chi connectivity index (χ3v) is 1.35. The summed E-state index contributed by atoms with van der Waals surface area (Å²) in [5.74, 6) is -0.826. The largest absolute Gasteiger partial charge is 0.479 e. The van der Waals surface area contributed by atoms with Gasteiger partial charge in [0.15, 0.2) is 6.10 Å². The van der Waals surface area contributed by atoms with Crippen molar-refractivity contribution in [1.29, 1.82) is 0 Å². The van der Waals surface area contributed by atoms with Gasteiger partial charge in [-0.2, -0.15) is 0 Å². The second-order valence-electron chi connectivity index (χ2n) is 2.87. The van der Waals surface area contributed by atoms with Gasteiger partial charge in [-0.25, -0.2) is 4.79 Å². The van der Waals surface area contributed by atoms with Crippen molar-refractivity contribution in [2.75, 3.05) is 6.61 Å². The van der Waals surface area contributed by atoms with Crippen LogP contribution in [0, 0.1) is 5.92 Å². The molecule has 0 saturated heterocycles. The molecule has 0 saturated carbocycles. The van der Waals surface area contributed by atoms with Crippen LogP contribution in [0.25, 0.3) is 0 Å². The first-order valence-corrected chi connectivity index (χ1v) is 3.94. The van der Waals surface area contributed by atoms with E-state index in [1.165, 1.54) is 0 Å². The lowest BCUT2D eigenvalue weighted by Crippen LogP contribution is -2.29. The minimum Gasteiger partial charge on any atom is -0.479 e. The molecule has 1 N–H and O–H groups in total. The Morgan fingerprint density at radius 1 is 1.55 bits per heavy atom. The maximum absolute atomic E-state index is 10.5. The normalized spacial score (nSPS) is 13.5. The molecule has 66 valence electrons. The van der Waals surface area contributed by atoms with E-state index in [9.17, 15) is 4.79 Å². The van der Waals surface area contributed by atoms with Crippen molar-refractivity contribution >= 4 is 5.97 Å². The summed E-state index contributed by atoms with van der Waals surface area (Å²) in [6, 6.07) is 0. The zero-order valence-corrected chi connectivity index (χ0v) is 7.33. The highest BCUT2D eigenvalue weighted by molar-refractivity contribution is 5.72. The molecule has 11 heavy (non-hydrogen) atoms. The summed E-state index contributed by atoms with van der Waals surface area (Å²) in [6.45, 7) is 6.16. The van der Waals surface area contributed by atoms with Gasteiger partial charge in [0.05, 0.1) is 0 Å². The van der Waals surface area contributed by atoms with Gasteiger partial charge in [-0.3, -0.25) is 0 Å². The van der Waals surface area contributed by atoms with Gasteiger partial charge in [-0.15, -0.1) is 0 Å². The fourth-order valence-electron chi connectivity index (χ4n) is 0.794. The van der Waals surface area contributed by atoms with Crippen LogP contribution in [0.15, 0.2) is 0 Å². The number of aliphatic carboxylic acids is 1. The summed E-state index contributed by atoms with van der Waals surface area (Å²) < 4.78 is 5.11. The average molecular weight is 160 g/mol. The molecule has 0 fully saturated rings. The molecule has 0 aliphatic rings. The van der Waals surface area contributed by atoms with Gasteiger partial charge < -0.3 is 9.84 Å². The summed E-state index contributed by atoms with van der Waals surface area (Å²) in [7, 11) is 0. The number of rotatable bonds is 5. The quantitative estimate of drug-likeness (QED) is 0.663. The molecule has 0 aliphatic carbocycles. The van der Waals surface area contributed by atoms with E-state index in [2.05, 4.69) is 0 Å². The Balaban J connectivity index is 3.80. The monoisotopic (exact) mass is 160 g/mol. The fourth-order valence-corrected chi connectivity index (χ4v) is 0.794. The van der Waals surface area contributed by atoms with Crippen molar-refractivity contribution in [1.82, 2.24) is 0 Å². The Morgan fingerprint density at radius 3 is 2.36 bits per heavy atom. The van der Waals surface area contributed by atoms with Crippen molar-refractivity contribution in [3.63, 3.8) is 0 Å². The molecule has 1 atom stereocenters. The third kappa shape index (κ3) is 3.98. The molecule has 0 bridgehead atoms. The Bertz CT molecular complexity index is 121. The summed E-state index contributed by atoms with van der Waals surface area (Å²) in [6.07, 6.45) is 0.214. The number of hydrogen-bond donors (Lipinski definition) is 1. The number of carbonyl (C=O) groups is 1. The standard InChI is InChI=1S/C8H16O3/c1-4-5-11-7(6(2)3)8(9)10/h6-7H,4-5H2,1-3H3,(H,9,10). The molecule has 3 heteroatoms. The van der Waals surface area contributed by atoms with E-state index in [-0.39, 0.29) is 5.92 Å². The van der Waals surface area contributed by atoms with Crippen LogP contribution < -0.4 is 0 Å². The molecule has 0 radical (unpaired) electrons. The van der Waals surface area contributed by atoms with Crippen LogP contribution in [0.2, 0.25) is 0 Å². The first-order valence-electron chi connectivity index (χ1n) is 3.94. The minimum absolute atomic E-state index is 0.0408. The van der Waals surface area contributed by atoms with E-state index in [0.29, 0.717) is 6.61 Å². The van der Waals surface area contributed by atoms with Crippen molar-refractivity contribution in [2.24, 2.45) is 5.92 Å². The molecule has 0 aromatic heterocycles. The SMILES string of the molecule is CCCOC(C(=O)O)C(C)C. The summed E-state index contributed by atoms with van der Waals surface area (Å²) in [5.41, 5.74) is 0. The average Bonchev–Trinajstić information content (AvgIpc) is 1.87. The number of ether oxygens (including phenoxy) is 1. The van der Waals surface area contributed by atoms with Crippen LogP contribution >= 0.6 is 0 Å². The van der Waals surface area contributed by atoms with Crippen molar-refractivity contribution in [2.45, 2.75) is 33.3 Å². The molecule has 0 aromatic carbocycles. The fraction of sp³-hybridized carbons (Fsp3) is 0.875. The molecular weight excluding hydrogens is 144 g/mol. The lowest BCUT2D eigenvalue weighted by Gasteiger charge is -2.15. The molecular formula is C8H16O3. The van der Waals surface area contributed by atoms with Crippen molar-refractivity contribution in [3.8, 4) is 0 Å². The van der Waals surface area contributed by atoms with Crippen LogP contribution in [0.4, 0.5) is 0 Å². The topological polar surface area (TPSA) is 46.5 Å². The molecule has 3 nitrogen and oxygen atoms in total. The Hall–Kier alpha value is -0.570. The molecule has 0 amide bonds. The Morgan fingerprint density at radius 2 is 2.09 bits per heavy atom. The van der Waals surface area contributed by atoms with E-state index < -0.39 is 12.1 Å². The van der Waals surface area contributed by atoms with Gasteiger partial charge in [0, 0.05) is 6.61 Å². The van der Waals surface area contributed by atoms with Crippen LogP contribution in [-0.4, -0.2) is 23.8 Å². The van der Waals surface area contributed by atoms with E-state index in [0.717, 1.165) is 6.42 Å². The smallest absolute Gasteiger partial charge is 0.333 e. The first kappa shape index (κ1) is 10.4. The highest BCUT2D eigenvalue weighted by Crippen LogP contribution is 2.06. The summed E-state index contributed by atoms with van der Waals surface area (Å²) >= 11 is 0. The summed E-state index contributed by atoms with van der Waals surface area (Å²) in [4.78, 5) is 10.5.